The number of allylic oxidation sites excluding steroid dienone is 5. The minimum absolute atomic E-state index is 0.000481. The Morgan fingerprint density at radius 2 is 0.843 bits per heavy atom. The lowest BCUT2D eigenvalue weighted by Gasteiger charge is -2.20. The Balaban J connectivity index is 3.71. The predicted octanol–water partition coefficient (Wildman–Crippen LogP) is 12.8. The van der Waals surface area contributed by atoms with E-state index in [1.165, 1.54) is 154 Å². The number of unbranched alkanes of at least 4 members (excludes halogenated alkanes) is 27. The SMILES string of the molecule is CCCCCCCC/C=C\CCCCCCCC(O)CC(=O)NC(CO)C(O)/C=C/CC/C=C/CCCCCCCCCCCCCCCCC. The van der Waals surface area contributed by atoms with Gasteiger partial charge in [0, 0.05) is 0 Å². The molecule has 3 unspecified atom stereocenters. The number of carbonyl (C=O) groups excluding carboxylic acids is 1. The summed E-state index contributed by atoms with van der Waals surface area (Å²) in [6.07, 6.45) is 51.5. The van der Waals surface area contributed by atoms with Crippen molar-refractivity contribution in [2.45, 2.75) is 244 Å². The second kappa shape index (κ2) is 41.3. The predicted molar refractivity (Wildman–Crippen MR) is 222 cm³/mol. The highest BCUT2D eigenvalue weighted by Gasteiger charge is 2.20. The van der Waals surface area contributed by atoms with Crippen molar-refractivity contribution in [2.24, 2.45) is 0 Å². The third-order valence-corrected chi connectivity index (χ3v) is 10.1. The van der Waals surface area contributed by atoms with E-state index in [9.17, 15) is 20.1 Å². The third kappa shape index (κ3) is 38.1. The molecule has 0 aromatic heterocycles. The molecular weight excluding hydrogens is 631 g/mol. The highest BCUT2D eigenvalue weighted by molar-refractivity contribution is 5.76. The largest absolute Gasteiger partial charge is 0.394 e. The van der Waals surface area contributed by atoms with Gasteiger partial charge in [0.1, 0.15) is 0 Å². The van der Waals surface area contributed by atoms with Crippen molar-refractivity contribution < 1.29 is 20.1 Å². The molecule has 0 heterocycles. The van der Waals surface area contributed by atoms with Gasteiger partial charge < -0.3 is 20.6 Å². The number of amides is 1. The number of aliphatic hydroxyl groups is 3. The summed E-state index contributed by atoms with van der Waals surface area (Å²) in [6.45, 7) is 4.20. The van der Waals surface area contributed by atoms with Crippen LogP contribution in [0, 0.1) is 0 Å². The van der Waals surface area contributed by atoms with Gasteiger partial charge in [-0.1, -0.05) is 198 Å². The summed E-state index contributed by atoms with van der Waals surface area (Å²) in [5.41, 5.74) is 0. The average molecular weight is 718 g/mol. The number of rotatable bonds is 40. The molecule has 0 aliphatic heterocycles. The van der Waals surface area contributed by atoms with E-state index in [4.69, 9.17) is 0 Å². The average Bonchev–Trinajstić information content (AvgIpc) is 3.12. The third-order valence-electron chi connectivity index (χ3n) is 10.1. The van der Waals surface area contributed by atoms with Gasteiger partial charge in [0.25, 0.3) is 0 Å². The molecule has 0 bridgehead atoms. The molecule has 0 aromatic rings. The van der Waals surface area contributed by atoms with Gasteiger partial charge in [-0.15, -0.1) is 0 Å². The van der Waals surface area contributed by atoms with Crippen LogP contribution in [-0.2, 0) is 4.79 Å². The minimum atomic E-state index is -0.953. The Morgan fingerprint density at radius 1 is 0.490 bits per heavy atom. The summed E-state index contributed by atoms with van der Waals surface area (Å²) in [6, 6.07) is -0.763. The van der Waals surface area contributed by atoms with E-state index in [1.54, 1.807) is 6.08 Å². The van der Waals surface area contributed by atoms with E-state index < -0.39 is 18.2 Å². The van der Waals surface area contributed by atoms with Crippen LogP contribution < -0.4 is 5.32 Å². The van der Waals surface area contributed by atoms with Crippen LogP contribution in [0.1, 0.15) is 226 Å². The molecule has 5 nitrogen and oxygen atoms in total. The van der Waals surface area contributed by atoms with E-state index >= 15 is 0 Å². The van der Waals surface area contributed by atoms with Crippen LogP contribution in [0.25, 0.3) is 0 Å². The first-order valence-electron chi connectivity index (χ1n) is 22.3. The van der Waals surface area contributed by atoms with Crippen LogP contribution in [-0.4, -0.2) is 46.1 Å². The molecular formula is C46H87NO4. The molecule has 51 heavy (non-hydrogen) atoms. The maximum atomic E-state index is 12.4. The number of nitrogens with one attached hydrogen (secondary N) is 1. The van der Waals surface area contributed by atoms with Crippen LogP contribution in [0.5, 0.6) is 0 Å². The smallest absolute Gasteiger partial charge is 0.222 e. The molecule has 300 valence electrons. The molecule has 0 aliphatic carbocycles. The first kappa shape index (κ1) is 49.6. The van der Waals surface area contributed by atoms with Gasteiger partial charge in [-0.05, 0) is 57.8 Å². The monoisotopic (exact) mass is 718 g/mol. The zero-order valence-electron chi connectivity index (χ0n) is 34.0. The molecule has 0 radical (unpaired) electrons. The van der Waals surface area contributed by atoms with Crippen LogP contribution in [0.15, 0.2) is 36.5 Å². The van der Waals surface area contributed by atoms with Gasteiger partial charge in [0.2, 0.25) is 5.91 Å². The topological polar surface area (TPSA) is 89.8 Å². The van der Waals surface area contributed by atoms with Crippen molar-refractivity contribution in [3.8, 4) is 0 Å². The summed E-state index contributed by atoms with van der Waals surface area (Å²) in [5.74, 6) is -0.330. The second-order valence-corrected chi connectivity index (χ2v) is 15.3. The van der Waals surface area contributed by atoms with Gasteiger partial charge in [-0.2, -0.15) is 0 Å². The van der Waals surface area contributed by atoms with Gasteiger partial charge in [-0.25, -0.2) is 0 Å². The number of carbonyl (C=O) groups is 1. The molecule has 1 amide bonds. The van der Waals surface area contributed by atoms with Crippen molar-refractivity contribution in [1.29, 1.82) is 0 Å². The maximum absolute atomic E-state index is 12.4. The van der Waals surface area contributed by atoms with Crippen molar-refractivity contribution in [3.05, 3.63) is 36.5 Å². The van der Waals surface area contributed by atoms with Crippen LogP contribution >= 0.6 is 0 Å². The number of aliphatic hydroxyl groups excluding tert-OH is 3. The molecule has 0 aliphatic rings. The Bertz CT molecular complexity index is 794. The summed E-state index contributed by atoms with van der Waals surface area (Å²) in [5, 5.41) is 33.2. The van der Waals surface area contributed by atoms with E-state index in [-0.39, 0.29) is 18.9 Å². The van der Waals surface area contributed by atoms with Crippen LogP contribution in [0.2, 0.25) is 0 Å². The molecule has 0 saturated carbocycles. The first-order chi connectivity index (χ1) is 25.0. The van der Waals surface area contributed by atoms with Gasteiger partial charge in [0.15, 0.2) is 0 Å². The molecule has 3 atom stereocenters. The molecule has 0 aromatic carbocycles. The standard InChI is InChI=1S/C46H87NO4/c1-3-5-7-9-11-13-15-17-19-20-21-22-23-24-26-28-30-32-34-36-38-40-45(50)44(42-48)47-46(51)41-43(49)39-37-35-33-31-29-27-25-18-16-14-12-10-8-6-4-2/h18,25,30,32,38,40,43-45,48-50H,3-17,19-24,26-29,31,33-37,39,41-42H2,1-2H3,(H,47,51)/b25-18-,32-30+,40-38+. The van der Waals surface area contributed by atoms with Crippen LogP contribution in [0.4, 0.5) is 0 Å². The highest BCUT2D eigenvalue weighted by Crippen LogP contribution is 2.15. The minimum Gasteiger partial charge on any atom is -0.394 e. The molecule has 0 spiro atoms. The molecule has 0 saturated heterocycles. The van der Waals surface area contributed by atoms with E-state index in [1.807, 2.05) is 6.08 Å². The fraction of sp³-hybridized carbons (Fsp3) is 0.848. The summed E-state index contributed by atoms with van der Waals surface area (Å²) in [4.78, 5) is 12.4. The van der Waals surface area contributed by atoms with Gasteiger partial charge in [-0.3, -0.25) is 4.79 Å². The van der Waals surface area contributed by atoms with Crippen molar-refractivity contribution in [1.82, 2.24) is 5.32 Å². The number of hydrogen-bond acceptors (Lipinski definition) is 4. The summed E-state index contributed by atoms with van der Waals surface area (Å²) < 4.78 is 0. The van der Waals surface area contributed by atoms with E-state index in [0.29, 0.717) is 6.42 Å². The van der Waals surface area contributed by atoms with Crippen molar-refractivity contribution in [2.75, 3.05) is 6.61 Å². The van der Waals surface area contributed by atoms with E-state index in [2.05, 4.69) is 43.5 Å². The summed E-state index contributed by atoms with van der Waals surface area (Å²) >= 11 is 0. The zero-order chi connectivity index (χ0) is 37.3. The lowest BCUT2D eigenvalue weighted by Crippen LogP contribution is -2.45. The normalized spacial score (nSPS) is 13.9. The molecule has 0 fully saturated rings. The lowest BCUT2D eigenvalue weighted by atomic mass is 10.0. The molecule has 0 rings (SSSR count). The Hall–Kier alpha value is -1.43. The molecule has 4 N–H and O–H groups in total. The second-order valence-electron chi connectivity index (χ2n) is 15.3. The fourth-order valence-electron chi connectivity index (χ4n) is 6.70. The van der Waals surface area contributed by atoms with Gasteiger partial charge >= 0.3 is 0 Å². The first-order valence-corrected chi connectivity index (χ1v) is 22.3. The molecule has 5 heteroatoms. The zero-order valence-corrected chi connectivity index (χ0v) is 34.0. The van der Waals surface area contributed by atoms with Gasteiger partial charge in [0.05, 0.1) is 31.3 Å². The van der Waals surface area contributed by atoms with Crippen molar-refractivity contribution >= 4 is 5.91 Å². The van der Waals surface area contributed by atoms with Crippen molar-refractivity contribution in [3.63, 3.8) is 0 Å². The maximum Gasteiger partial charge on any atom is 0.222 e. The highest BCUT2D eigenvalue weighted by atomic mass is 16.3. The Morgan fingerprint density at radius 3 is 1.25 bits per heavy atom. The quantitative estimate of drug-likeness (QED) is 0.0375. The Kier molecular flexibility index (Phi) is 40.2. The lowest BCUT2D eigenvalue weighted by molar-refractivity contribution is -0.124. The Labute approximate surface area is 317 Å². The fourth-order valence-corrected chi connectivity index (χ4v) is 6.70. The number of hydrogen-bond donors (Lipinski definition) is 4. The van der Waals surface area contributed by atoms with E-state index in [0.717, 1.165) is 44.9 Å². The van der Waals surface area contributed by atoms with Crippen LogP contribution in [0.3, 0.4) is 0 Å². The summed E-state index contributed by atoms with van der Waals surface area (Å²) in [7, 11) is 0.